The van der Waals surface area contributed by atoms with E-state index in [4.69, 9.17) is 11.6 Å². The molecule has 0 aliphatic heterocycles. The molecule has 0 spiro atoms. The van der Waals surface area contributed by atoms with Gasteiger partial charge in [0, 0.05) is 21.8 Å². The molecule has 5 heteroatoms. The Morgan fingerprint density at radius 3 is 2.90 bits per heavy atom. The lowest BCUT2D eigenvalue weighted by Crippen LogP contribution is -2.04. The highest BCUT2D eigenvalue weighted by molar-refractivity contribution is 7.17. The van der Waals surface area contributed by atoms with Crippen molar-refractivity contribution in [3.63, 3.8) is 0 Å². The van der Waals surface area contributed by atoms with E-state index in [0.29, 0.717) is 0 Å². The molecule has 0 radical (unpaired) electrons. The second kappa shape index (κ2) is 5.11. The Hall–Kier alpha value is -1.52. The third kappa shape index (κ3) is 2.30. The SMILES string of the molecule is Cc1cn2c(CNc3cccc(Cl)c3C)c(C)nc2s1. The second-order valence-corrected chi connectivity index (χ2v) is 6.52. The van der Waals surface area contributed by atoms with Crippen LogP contribution in [0.3, 0.4) is 0 Å². The maximum absolute atomic E-state index is 6.15. The molecule has 104 valence electrons. The van der Waals surface area contributed by atoms with Crippen LogP contribution in [0.4, 0.5) is 5.69 Å². The summed E-state index contributed by atoms with van der Waals surface area (Å²) in [7, 11) is 0. The van der Waals surface area contributed by atoms with Crippen molar-refractivity contribution >= 4 is 33.6 Å². The summed E-state index contributed by atoms with van der Waals surface area (Å²) < 4.78 is 2.17. The fraction of sp³-hybridized carbons (Fsp3) is 0.267. The number of aryl methyl sites for hydroxylation is 2. The van der Waals surface area contributed by atoms with Crippen LogP contribution >= 0.6 is 22.9 Å². The number of fused-ring (bicyclic) bond motifs is 1. The minimum absolute atomic E-state index is 0.740. The summed E-state index contributed by atoms with van der Waals surface area (Å²) in [5.74, 6) is 0. The van der Waals surface area contributed by atoms with E-state index in [1.807, 2.05) is 25.1 Å². The largest absolute Gasteiger partial charge is 0.379 e. The number of anilines is 1. The van der Waals surface area contributed by atoms with Gasteiger partial charge < -0.3 is 5.32 Å². The Bertz CT molecular complexity index is 773. The van der Waals surface area contributed by atoms with Gasteiger partial charge >= 0.3 is 0 Å². The van der Waals surface area contributed by atoms with Crippen molar-refractivity contribution < 1.29 is 0 Å². The summed E-state index contributed by atoms with van der Waals surface area (Å²) in [6.45, 7) is 6.92. The molecule has 0 atom stereocenters. The summed E-state index contributed by atoms with van der Waals surface area (Å²) in [6.07, 6.45) is 2.14. The lowest BCUT2D eigenvalue weighted by atomic mass is 10.2. The zero-order valence-corrected chi connectivity index (χ0v) is 13.3. The van der Waals surface area contributed by atoms with E-state index in [0.717, 1.165) is 33.5 Å². The molecule has 0 fully saturated rings. The Labute approximate surface area is 127 Å². The molecule has 2 aromatic heterocycles. The smallest absolute Gasteiger partial charge is 0.194 e. The molecule has 1 aromatic carbocycles. The summed E-state index contributed by atoms with van der Waals surface area (Å²) in [5.41, 5.74) is 4.42. The monoisotopic (exact) mass is 305 g/mol. The number of nitrogens with zero attached hydrogens (tertiary/aromatic N) is 2. The molecular weight excluding hydrogens is 290 g/mol. The van der Waals surface area contributed by atoms with Gasteiger partial charge in [-0.05, 0) is 38.5 Å². The van der Waals surface area contributed by atoms with Crippen molar-refractivity contribution in [1.29, 1.82) is 0 Å². The van der Waals surface area contributed by atoms with Gasteiger partial charge in [-0.2, -0.15) is 0 Å². The van der Waals surface area contributed by atoms with Crippen molar-refractivity contribution in [2.45, 2.75) is 27.3 Å². The van der Waals surface area contributed by atoms with Gasteiger partial charge in [-0.25, -0.2) is 4.98 Å². The van der Waals surface area contributed by atoms with Crippen LogP contribution in [0.5, 0.6) is 0 Å². The lowest BCUT2D eigenvalue weighted by Gasteiger charge is -2.10. The van der Waals surface area contributed by atoms with Gasteiger partial charge in [0.1, 0.15) is 0 Å². The zero-order chi connectivity index (χ0) is 14.3. The minimum Gasteiger partial charge on any atom is -0.379 e. The second-order valence-electron chi connectivity index (χ2n) is 4.90. The quantitative estimate of drug-likeness (QED) is 0.767. The maximum atomic E-state index is 6.15. The highest BCUT2D eigenvalue weighted by atomic mass is 35.5. The van der Waals surface area contributed by atoms with E-state index in [2.05, 4.69) is 34.7 Å². The van der Waals surface area contributed by atoms with Crippen LogP contribution < -0.4 is 5.32 Å². The number of nitrogens with one attached hydrogen (secondary N) is 1. The highest BCUT2D eigenvalue weighted by Gasteiger charge is 2.11. The average molecular weight is 306 g/mol. The predicted octanol–water partition coefficient (Wildman–Crippen LogP) is 4.59. The van der Waals surface area contributed by atoms with Crippen molar-refractivity contribution in [2.24, 2.45) is 0 Å². The lowest BCUT2D eigenvalue weighted by molar-refractivity contribution is 0.989. The number of thiazole rings is 1. The van der Waals surface area contributed by atoms with Gasteiger partial charge in [0.05, 0.1) is 17.9 Å². The first-order valence-electron chi connectivity index (χ1n) is 6.49. The van der Waals surface area contributed by atoms with E-state index < -0.39 is 0 Å². The first kappa shape index (κ1) is 13.5. The standard InChI is InChI=1S/C15H16ClN3S/c1-9-8-19-14(11(3)18-15(19)20-9)7-17-13-6-4-5-12(16)10(13)2/h4-6,8,17H,7H2,1-3H3. The Morgan fingerprint density at radius 2 is 2.10 bits per heavy atom. The summed E-state index contributed by atoms with van der Waals surface area (Å²) in [5, 5.41) is 4.25. The van der Waals surface area contributed by atoms with Crippen LogP contribution in [-0.4, -0.2) is 9.38 Å². The van der Waals surface area contributed by atoms with Crippen molar-refractivity contribution in [3.8, 4) is 0 Å². The van der Waals surface area contributed by atoms with Crippen LogP contribution in [0.25, 0.3) is 4.96 Å². The van der Waals surface area contributed by atoms with Crippen LogP contribution in [0.1, 0.15) is 21.8 Å². The first-order valence-corrected chi connectivity index (χ1v) is 7.68. The van der Waals surface area contributed by atoms with Crippen molar-refractivity contribution in [3.05, 3.63) is 51.2 Å². The van der Waals surface area contributed by atoms with Crippen LogP contribution in [0, 0.1) is 20.8 Å². The van der Waals surface area contributed by atoms with Crippen LogP contribution in [0.2, 0.25) is 5.02 Å². The predicted molar refractivity (Wildman–Crippen MR) is 86.1 cm³/mol. The number of benzene rings is 1. The van der Waals surface area contributed by atoms with Gasteiger partial charge in [0.15, 0.2) is 4.96 Å². The molecule has 3 rings (SSSR count). The van der Waals surface area contributed by atoms with Crippen molar-refractivity contribution in [2.75, 3.05) is 5.32 Å². The molecule has 3 nitrogen and oxygen atoms in total. The molecule has 3 aromatic rings. The molecule has 0 saturated heterocycles. The topological polar surface area (TPSA) is 29.3 Å². The average Bonchev–Trinajstić information content (AvgIpc) is 2.87. The molecule has 2 heterocycles. The molecule has 20 heavy (non-hydrogen) atoms. The third-order valence-corrected chi connectivity index (χ3v) is 4.76. The van der Waals surface area contributed by atoms with E-state index in [9.17, 15) is 0 Å². The first-order chi connectivity index (χ1) is 9.56. The summed E-state index contributed by atoms with van der Waals surface area (Å²) in [4.78, 5) is 6.93. The van der Waals surface area contributed by atoms with E-state index in [-0.39, 0.29) is 0 Å². The summed E-state index contributed by atoms with van der Waals surface area (Å²) in [6, 6.07) is 5.92. The van der Waals surface area contributed by atoms with E-state index >= 15 is 0 Å². The summed E-state index contributed by atoms with van der Waals surface area (Å²) >= 11 is 7.87. The minimum atomic E-state index is 0.740. The third-order valence-electron chi connectivity index (χ3n) is 3.46. The number of halogens is 1. The molecule has 1 N–H and O–H groups in total. The highest BCUT2D eigenvalue weighted by Crippen LogP contribution is 2.25. The molecule has 0 unspecified atom stereocenters. The van der Waals surface area contributed by atoms with Crippen LogP contribution in [-0.2, 0) is 6.54 Å². The molecule has 0 aliphatic carbocycles. The Kier molecular flexibility index (Phi) is 3.44. The van der Waals surface area contributed by atoms with E-state index in [1.54, 1.807) is 11.3 Å². The van der Waals surface area contributed by atoms with Gasteiger partial charge in [-0.15, -0.1) is 11.3 Å². The van der Waals surface area contributed by atoms with Gasteiger partial charge in [0.2, 0.25) is 0 Å². The normalized spacial score (nSPS) is 11.2. The number of hydrogen-bond donors (Lipinski definition) is 1. The number of rotatable bonds is 3. The fourth-order valence-corrected chi connectivity index (χ4v) is 3.36. The molecule has 0 saturated carbocycles. The van der Waals surface area contributed by atoms with Crippen LogP contribution in [0.15, 0.2) is 24.4 Å². The molecule has 0 amide bonds. The Balaban J connectivity index is 1.90. The molecule has 0 bridgehead atoms. The van der Waals surface area contributed by atoms with E-state index in [1.165, 1.54) is 10.6 Å². The molecule has 0 aliphatic rings. The number of aromatic nitrogens is 2. The van der Waals surface area contributed by atoms with Gasteiger partial charge in [-0.3, -0.25) is 4.40 Å². The molecular formula is C15H16ClN3S. The fourth-order valence-electron chi connectivity index (χ4n) is 2.30. The van der Waals surface area contributed by atoms with Gasteiger partial charge in [0.25, 0.3) is 0 Å². The number of imidazole rings is 1. The Morgan fingerprint density at radius 1 is 1.30 bits per heavy atom. The number of hydrogen-bond acceptors (Lipinski definition) is 3. The van der Waals surface area contributed by atoms with Crippen molar-refractivity contribution in [1.82, 2.24) is 9.38 Å². The van der Waals surface area contributed by atoms with Gasteiger partial charge in [-0.1, -0.05) is 17.7 Å². The maximum Gasteiger partial charge on any atom is 0.194 e. The zero-order valence-electron chi connectivity index (χ0n) is 11.7.